The fourth-order valence-electron chi connectivity index (χ4n) is 1.88. The minimum Gasteiger partial charge on any atom is -0.353 e. The van der Waals surface area contributed by atoms with Gasteiger partial charge in [-0.25, -0.2) is 0 Å². The van der Waals surface area contributed by atoms with E-state index in [-0.39, 0.29) is 17.4 Å². The van der Waals surface area contributed by atoms with E-state index in [1.54, 1.807) is 0 Å². The van der Waals surface area contributed by atoms with Crippen LogP contribution in [0.5, 0.6) is 0 Å². The molecule has 17 heavy (non-hydrogen) atoms. The summed E-state index contributed by atoms with van der Waals surface area (Å²) in [6, 6.07) is 2.45. The van der Waals surface area contributed by atoms with Gasteiger partial charge in [-0.3, -0.25) is 9.69 Å². The van der Waals surface area contributed by atoms with Crippen LogP contribution < -0.4 is 5.32 Å². The van der Waals surface area contributed by atoms with Crippen molar-refractivity contribution in [3.8, 4) is 6.07 Å². The van der Waals surface area contributed by atoms with Crippen molar-refractivity contribution in [2.75, 3.05) is 19.6 Å². The molecule has 1 aliphatic rings. The van der Waals surface area contributed by atoms with E-state index in [2.05, 4.69) is 16.3 Å². The van der Waals surface area contributed by atoms with Gasteiger partial charge in [-0.1, -0.05) is 20.8 Å². The molecule has 0 aromatic rings. The van der Waals surface area contributed by atoms with Crippen molar-refractivity contribution >= 4 is 5.91 Å². The molecule has 0 aromatic heterocycles. The first-order valence-electron chi connectivity index (χ1n) is 6.40. The number of carbonyl (C=O) groups is 1. The summed E-state index contributed by atoms with van der Waals surface area (Å²) in [6.07, 6.45) is 2.76. The number of likely N-dealkylation sites (tertiary alicyclic amines) is 1. The van der Waals surface area contributed by atoms with Crippen LogP contribution in [0.25, 0.3) is 0 Å². The Bertz CT molecular complexity index is 298. The second kappa shape index (κ2) is 6.02. The van der Waals surface area contributed by atoms with Gasteiger partial charge in [0, 0.05) is 24.5 Å². The summed E-state index contributed by atoms with van der Waals surface area (Å²) in [5, 5.41) is 11.7. The van der Waals surface area contributed by atoms with Crippen LogP contribution in [-0.4, -0.2) is 36.5 Å². The molecule has 1 rings (SSSR count). The van der Waals surface area contributed by atoms with Gasteiger partial charge in [0.25, 0.3) is 0 Å². The van der Waals surface area contributed by atoms with Crippen molar-refractivity contribution in [3.63, 3.8) is 0 Å². The molecular weight excluding hydrogens is 214 g/mol. The molecule has 0 unspecified atom stereocenters. The molecule has 0 saturated carbocycles. The minimum atomic E-state index is -0.274. The highest BCUT2D eigenvalue weighted by Gasteiger charge is 2.28. The normalized spacial score (nSPS) is 18.7. The molecule has 0 spiro atoms. The van der Waals surface area contributed by atoms with E-state index in [4.69, 9.17) is 5.26 Å². The number of carbonyl (C=O) groups excluding carboxylic acids is 1. The number of amides is 1. The van der Waals surface area contributed by atoms with Crippen molar-refractivity contribution < 1.29 is 4.79 Å². The monoisotopic (exact) mass is 237 g/mol. The van der Waals surface area contributed by atoms with Crippen LogP contribution in [0.15, 0.2) is 0 Å². The Morgan fingerprint density at radius 1 is 1.47 bits per heavy atom. The molecular formula is C13H23N3O. The van der Waals surface area contributed by atoms with Crippen LogP contribution in [0, 0.1) is 16.7 Å². The van der Waals surface area contributed by atoms with Gasteiger partial charge < -0.3 is 5.32 Å². The maximum absolute atomic E-state index is 12.0. The number of nitrogens with zero attached hydrogens (tertiary/aromatic N) is 2. The number of hydrogen-bond acceptors (Lipinski definition) is 3. The largest absolute Gasteiger partial charge is 0.353 e. The van der Waals surface area contributed by atoms with Crippen molar-refractivity contribution in [3.05, 3.63) is 0 Å². The van der Waals surface area contributed by atoms with E-state index >= 15 is 0 Å². The Balaban J connectivity index is 2.36. The molecule has 4 heteroatoms. The lowest BCUT2D eigenvalue weighted by atomic mass is 9.88. The summed E-state index contributed by atoms with van der Waals surface area (Å²) >= 11 is 0. The second-order valence-corrected chi connectivity index (χ2v) is 5.42. The summed E-state index contributed by atoms with van der Waals surface area (Å²) in [7, 11) is 0. The summed E-state index contributed by atoms with van der Waals surface area (Å²) < 4.78 is 0. The molecule has 0 radical (unpaired) electrons. The van der Waals surface area contributed by atoms with Gasteiger partial charge in [0.15, 0.2) is 0 Å². The van der Waals surface area contributed by atoms with E-state index in [9.17, 15) is 4.79 Å². The Hall–Kier alpha value is -1.08. The van der Waals surface area contributed by atoms with E-state index in [0.29, 0.717) is 6.54 Å². The molecule has 0 atom stereocenters. The van der Waals surface area contributed by atoms with E-state index < -0.39 is 0 Å². The minimum absolute atomic E-state index is 0.152. The zero-order valence-corrected chi connectivity index (χ0v) is 11.1. The third kappa shape index (κ3) is 4.01. The third-order valence-electron chi connectivity index (χ3n) is 3.72. The van der Waals surface area contributed by atoms with Gasteiger partial charge >= 0.3 is 0 Å². The van der Waals surface area contributed by atoms with Gasteiger partial charge in [0.2, 0.25) is 5.91 Å². The van der Waals surface area contributed by atoms with Crippen LogP contribution >= 0.6 is 0 Å². The van der Waals surface area contributed by atoms with Crippen molar-refractivity contribution in [2.45, 2.75) is 46.1 Å². The average Bonchev–Trinajstić information content (AvgIpc) is 2.32. The molecule has 1 amide bonds. The van der Waals surface area contributed by atoms with Crippen LogP contribution in [-0.2, 0) is 4.79 Å². The fraction of sp³-hybridized carbons (Fsp3) is 0.846. The lowest BCUT2D eigenvalue weighted by molar-refractivity contribution is -0.130. The molecule has 4 nitrogen and oxygen atoms in total. The first-order valence-corrected chi connectivity index (χ1v) is 6.40. The molecule has 1 N–H and O–H groups in total. The van der Waals surface area contributed by atoms with E-state index in [0.717, 1.165) is 32.4 Å². The molecule has 1 aliphatic heterocycles. The lowest BCUT2D eigenvalue weighted by Crippen LogP contribution is -2.48. The number of nitrogens with one attached hydrogen (secondary N) is 1. The summed E-state index contributed by atoms with van der Waals surface area (Å²) in [4.78, 5) is 14.1. The number of nitriles is 1. The van der Waals surface area contributed by atoms with Gasteiger partial charge in [0.05, 0.1) is 12.6 Å². The topological polar surface area (TPSA) is 56.1 Å². The quantitative estimate of drug-likeness (QED) is 0.754. The highest BCUT2D eigenvalue weighted by atomic mass is 16.2. The molecule has 0 aliphatic carbocycles. The fourth-order valence-corrected chi connectivity index (χ4v) is 1.88. The summed E-state index contributed by atoms with van der Waals surface area (Å²) in [5.74, 6) is 0.152. The molecule has 0 bridgehead atoms. The first kappa shape index (κ1) is 14.0. The van der Waals surface area contributed by atoms with Crippen LogP contribution in [0.3, 0.4) is 0 Å². The molecule has 1 fully saturated rings. The second-order valence-electron chi connectivity index (χ2n) is 5.42. The SMILES string of the molecule is CCC(C)(C)C(=O)NC1CCN(CC#N)CC1. The maximum Gasteiger partial charge on any atom is 0.225 e. The highest BCUT2D eigenvalue weighted by Crippen LogP contribution is 2.21. The van der Waals surface area contributed by atoms with Crippen LogP contribution in [0.1, 0.15) is 40.0 Å². The van der Waals surface area contributed by atoms with E-state index in [1.165, 1.54) is 0 Å². The van der Waals surface area contributed by atoms with Gasteiger partial charge in [-0.05, 0) is 19.3 Å². The van der Waals surface area contributed by atoms with Gasteiger partial charge in [0.1, 0.15) is 0 Å². The lowest BCUT2D eigenvalue weighted by Gasteiger charge is -2.33. The third-order valence-corrected chi connectivity index (χ3v) is 3.72. The number of hydrogen-bond donors (Lipinski definition) is 1. The molecule has 0 aromatic carbocycles. The van der Waals surface area contributed by atoms with Crippen molar-refractivity contribution in [2.24, 2.45) is 5.41 Å². The van der Waals surface area contributed by atoms with Crippen molar-refractivity contribution in [1.29, 1.82) is 5.26 Å². The van der Waals surface area contributed by atoms with Gasteiger partial charge in [-0.2, -0.15) is 5.26 Å². The molecule has 96 valence electrons. The Morgan fingerprint density at radius 2 is 2.06 bits per heavy atom. The van der Waals surface area contributed by atoms with Crippen LogP contribution in [0.2, 0.25) is 0 Å². The van der Waals surface area contributed by atoms with Crippen LogP contribution in [0.4, 0.5) is 0 Å². The predicted molar refractivity (Wildman–Crippen MR) is 67.3 cm³/mol. The number of rotatable bonds is 4. The average molecular weight is 237 g/mol. The van der Waals surface area contributed by atoms with E-state index in [1.807, 2.05) is 20.8 Å². The standard InChI is InChI=1S/C13H23N3O/c1-4-13(2,3)12(17)15-11-5-8-16(9-6-11)10-7-14/h11H,4-6,8-10H2,1-3H3,(H,15,17). The maximum atomic E-state index is 12.0. The first-order chi connectivity index (χ1) is 7.99. The Labute approximate surface area is 104 Å². The smallest absolute Gasteiger partial charge is 0.225 e. The van der Waals surface area contributed by atoms with Gasteiger partial charge in [-0.15, -0.1) is 0 Å². The zero-order chi connectivity index (χ0) is 12.9. The van der Waals surface area contributed by atoms with Crippen molar-refractivity contribution in [1.82, 2.24) is 10.2 Å². The Morgan fingerprint density at radius 3 is 2.53 bits per heavy atom. The zero-order valence-electron chi connectivity index (χ0n) is 11.1. The predicted octanol–water partition coefficient (Wildman–Crippen LogP) is 1.53. The highest BCUT2D eigenvalue weighted by molar-refractivity contribution is 5.81. The Kier molecular flexibility index (Phi) is 4.95. The molecule has 1 saturated heterocycles. The summed E-state index contributed by atoms with van der Waals surface area (Å²) in [5.41, 5.74) is -0.274. The molecule has 1 heterocycles. The number of piperidine rings is 1. The summed E-state index contributed by atoms with van der Waals surface area (Å²) in [6.45, 7) is 8.31.